The van der Waals surface area contributed by atoms with E-state index in [0.29, 0.717) is 16.3 Å². The minimum Gasteiger partial charge on any atom is -0.322 e. The number of benzene rings is 2. The predicted molar refractivity (Wildman–Crippen MR) is 86.9 cm³/mol. The average Bonchev–Trinajstić information content (AvgIpc) is 2.57. The van der Waals surface area contributed by atoms with Crippen LogP contribution in [0.25, 0.3) is 11.3 Å². The number of carbonyl (C=O) groups excluding carboxylic acids is 1. The lowest BCUT2D eigenvalue weighted by Crippen LogP contribution is -2.11. The number of anilines is 1. The summed E-state index contributed by atoms with van der Waals surface area (Å²) in [5, 5.41) is 3.44. The van der Waals surface area contributed by atoms with Gasteiger partial charge in [-0.3, -0.25) is 14.8 Å². The number of hydrogen-bond acceptors (Lipinski definition) is 3. The van der Waals surface area contributed by atoms with Crippen LogP contribution in [0.3, 0.4) is 0 Å². The fourth-order valence-electron chi connectivity index (χ4n) is 1.98. The fourth-order valence-corrected chi connectivity index (χ4v) is 2.10. The highest BCUT2D eigenvalue weighted by atomic mass is 35.5. The number of hydrogen-bond donors (Lipinski definition) is 1. The average molecular weight is 310 g/mol. The third kappa shape index (κ3) is 3.30. The zero-order valence-corrected chi connectivity index (χ0v) is 12.3. The van der Waals surface area contributed by atoms with Gasteiger partial charge in [-0.2, -0.15) is 0 Å². The quantitative estimate of drug-likeness (QED) is 0.794. The Morgan fingerprint density at radius 1 is 0.955 bits per heavy atom. The van der Waals surface area contributed by atoms with Crippen molar-refractivity contribution < 1.29 is 4.79 Å². The lowest BCUT2D eigenvalue weighted by molar-refractivity contribution is 0.102. The number of halogens is 1. The highest BCUT2D eigenvalue weighted by molar-refractivity contribution is 6.30. The molecule has 0 aliphatic rings. The van der Waals surface area contributed by atoms with Gasteiger partial charge in [0.15, 0.2) is 0 Å². The third-order valence-electron chi connectivity index (χ3n) is 3.11. The first-order valence-corrected chi connectivity index (χ1v) is 7.03. The Balaban J connectivity index is 1.73. The second kappa shape index (κ2) is 6.37. The molecular weight excluding hydrogens is 298 g/mol. The number of amides is 1. The van der Waals surface area contributed by atoms with Gasteiger partial charge < -0.3 is 5.32 Å². The van der Waals surface area contributed by atoms with E-state index in [1.807, 2.05) is 24.3 Å². The number of aromatic nitrogens is 2. The molecule has 22 heavy (non-hydrogen) atoms. The first kappa shape index (κ1) is 14.2. The number of rotatable bonds is 3. The van der Waals surface area contributed by atoms with Crippen LogP contribution in [0.15, 0.2) is 67.1 Å². The summed E-state index contributed by atoms with van der Waals surface area (Å²) in [7, 11) is 0. The van der Waals surface area contributed by atoms with Crippen molar-refractivity contribution in [3.8, 4) is 11.3 Å². The van der Waals surface area contributed by atoms with Gasteiger partial charge in [-0.15, -0.1) is 0 Å². The summed E-state index contributed by atoms with van der Waals surface area (Å²) in [4.78, 5) is 20.4. The molecule has 0 aliphatic carbocycles. The van der Waals surface area contributed by atoms with Gasteiger partial charge in [-0.05, 0) is 36.4 Å². The molecule has 4 nitrogen and oxygen atoms in total. The molecule has 0 aliphatic heterocycles. The number of nitrogens with zero attached hydrogens (tertiary/aromatic N) is 2. The molecule has 3 rings (SSSR count). The van der Waals surface area contributed by atoms with E-state index in [2.05, 4.69) is 15.3 Å². The first-order chi connectivity index (χ1) is 10.7. The maximum absolute atomic E-state index is 12.1. The fraction of sp³-hybridized carbons (Fsp3) is 0. The molecule has 5 heteroatoms. The van der Waals surface area contributed by atoms with Crippen LogP contribution in [0.1, 0.15) is 10.4 Å². The molecule has 1 N–H and O–H groups in total. The second-order valence-corrected chi connectivity index (χ2v) is 5.07. The van der Waals surface area contributed by atoms with E-state index in [-0.39, 0.29) is 5.91 Å². The van der Waals surface area contributed by atoms with E-state index >= 15 is 0 Å². The van der Waals surface area contributed by atoms with Crippen LogP contribution < -0.4 is 5.32 Å². The Kier molecular flexibility index (Phi) is 4.12. The van der Waals surface area contributed by atoms with E-state index in [4.69, 9.17) is 11.6 Å². The van der Waals surface area contributed by atoms with Gasteiger partial charge in [0.1, 0.15) is 0 Å². The minimum atomic E-state index is -0.177. The minimum absolute atomic E-state index is 0.177. The van der Waals surface area contributed by atoms with Crippen LogP contribution in [0.4, 0.5) is 5.69 Å². The van der Waals surface area contributed by atoms with E-state index in [1.54, 1.807) is 42.9 Å². The third-order valence-corrected chi connectivity index (χ3v) is 3.36. The van der Waals surface area contributed by atoms with Crippen molar-refractivity contribution in [3.05, 3.63) is 77.7 Å². The molecule has 0 saturated carbocycles. The molecule has 1 aromatic heterocycles. The Morgan fingerprint density at radius 3 is 2.32 bits per heavy atom. The topological polar surface area (TPSA) is 54.9 Å². The smallest absolute Gasteiger partial charge is 0.255 e. The van der Waals surface area contributed by atoms with Crippen LogP contribution in [0.2, 0.25) is 5.02 Å². The van der Waals surface area contributed by atoms with Gasteiger partial charge in [-0.25, -0.2) is 0 Å². The summed E-state index contributed by atoms with van der Waals surface area (Å²) in [5.41, 5.74) is 3.01. The molecule has 0 unspecified atom stereocenters. The van der Waals surface area contributed by atoms with E-state index < -0.39 is 0 Å². The molecule has 0 saturated heterocycles. The lowest BCUT2D eigenvalue weighted by atomic mass is 10.1. The first-order valence-electron chi connectivity index (χ1n) is 6.66. The van der Waals surface area contributed by atoms with Gasteiger partial charge >= 0.3 is 0 Å². The second-order valence-electron chi connectivity index (χ2n) is 4.63. The molecule has 2 aromatic carbocycles. The highest BCUT2D eigenvalue weighted by Gasteiger charge is 2.06. The molecule has 0 fully saturated rings. The van der Waals surface area contributed by atoms with Crippen molar-refractivity contribution in [1.82, 2.24) is 9.97 Å². The Hall–Kier alpha value is -2.72. The Labute approximate surface area is 132 Å². The number of nitrogens with one attached hydrogen (secondary N) is 1. The lowest BCUT2D eigenvalue weighted by Gasteiger charge is -2.06. The van der Waals surface area contributed by atoms with Crippen molar-refractivity contribution in [1.29, 1.82) is 0 Å². The van der Waals surface area contributed by atoms with Crippen molar-refractivity contribution in [2.75, 3.05) is 5.32 Å². The highest BCUT2D eigenvalue weighted by Crippen LogP contribution is 2.19. The summed E-state index contributed by atoms with van der Waals surface area (Å²) >= 11 is 5.81. The zero-order chi connectivity index (χ0) is 15.4. The summed E-state index contributed by atoms with van der Waals surface area (Å²) in [6.07, 6.45) is 4.97. The SMILES string of the molecule is O=C(Nc1ccc(-c2cnccn2)cc1)c1ccc(Cl)cc1. The van der Waals surface area contributed by atoms with Crippen LogP contribution in [-0.2, 0) is 0 Å². The van der Waals surface area contributed by atoms with Gasteiger partial charge in [0, 0.05) is 34.2 Å². The van der Waals surface area contributed by atoms with Gasteiger partial charge in [-0.1, -0.05) is 23.7 Å². The van der Waals surface area contributed by atoms with Crippen molar-refractivity contribution >= 4 is 23.2 Å². The summed E-state index contributed by atoms with van der Waals surface area (Å²) in [6, 6.07) is 14.2. The Morgan fingerprint density at radius 2 is 1.68 bits per heavy atom. The Bertz CT molecular complexity index is 771. The van der Waals surface area contributed by atoms with Crippen molar-refractivity contribution in [2.24, 2.45) is 0 Å². The molecule has 0 radical (unpaired) electrons. The molecule has 1 amide bonds. The van der Waals surface area contributed by atoms with Gasteiger partial charge in [0.2, 0.25) is 0 Å². The largest absolute Gasteiger partial charge is 0.322 e. The van der Waals surface area contributed by atoms with Gasteiger partial charge in [0.25, 0.3) is 5.91 Å². The standard InChI is InChI=1S/C17H12ClN3O/c18-14-5-1-13(2-6-14)17(22)21-15-7-3-12(4-8-15)16-11-19-9-10-20-16/h1-11H,(H,21,22). The van der Waals surface area contributed by atoms with E-state index in [1.165, 1.54) is 0 Å². The summed E-state index contributed by atoms with van der Waals surface area (Å²) < 4.78 is 0. The summed E-state index contributed by atoms with van der Waals surface area (Å²) in [6.45, 7) is 0. The van der Waals surface area contributed by atoms with Crippen molar-refractivity contribution in [2.45, 2.75) is 0 Å². The normalized spacial score (nSPS) is 10.2. The molecule has 0 spiro atoms. The molecule has 108 valence electrons. The van der Waals surface area contributed by atoms with Crippen molar-refractivity contribution in [3.63, 3.8) is 0 Å². The van der Waals surface area contributed by atoms with Crippen LogP contribution >= 0.6 is 11.6 Å². The molecule has 0 atom stereocenters. The monoisotopic (exact) mass is 309 g/mol. The van der Waals surface area contributed by atoms with Crippen LogP contribution in [-0.4, -0.2) is 15.9 Å². The molecule has 0 bridgehead atoms. The van der Waals surface area contributed by atoms with Crippen LogP contribution in [0.5, 0.6) is 0 Å². The molecular formula is C17H12ClN3O. The number of carbonyl (C=O) groups is 1. The molecule has 3 aromatic rings. The van der Waals surface area contributed by atoms with Crippen LogP contribution in [0, 0.1) is 0 Å². The predicted octanol–water partition coefficient (Wildman–Crippen LogP) is 4.05. The molecule has 1 heterocycles. The van der Waals surface area contributed by atoms with Gasteiger partial charge in [0.05, 0.1) is 11.9 Å². The van der Waals surface area contributed by atoms with E-state index in [0.717, 1.165) is 11.3 Å². The van der Waals surface area contributed by atoms with E-state index in [9.17, 15) is 4.79 Å². The maximum Gasteiger partial charge on any atom is 0.255 e. The maximum atomic E-state index is 12.1. The summed E-state index contributed by atoms with van der Waals surface area (Å²) in [5.74, 6) is -0.177. The zero-order valence-electron chi connectivity index (χ0n) is 11.5.